The number of rotatable bonds is 4. The molecule has 1 aliphatic carbocycles. The SMILES string of the molecule is CC1CCc2c(sc3nc(CCC(=O)NC4CCNCC4C)[nH]c(=O)c23)C1. The second kappa shape index (κ2) is 7.72. The van der Waals surface area contributed by atoms with E-state index < -0.39 is 0 Å². The summed E-state index contributed by atoms with van der Waals surface area (Å²) >= 11 is 1.66. The molecule has 0 bridgehead atoms. The number of fused-ring (bicyclic) bond motifs is 3. The molecule has 3 N–H and O–H groups in total. The van der Waals surface area contributed by atoms with E-state index in [9.17, 15) is 9.59 Å². The maximum atomic E-state index is 12.6. The largest absolute Gasteiger partial charge is 0.353 e. The lowest BCUT2D eigenvalue weighted by atomic mass is 9.89. The number of piperidine rings is 1. The molecule has 1 amide bonds. The van der Waals surface area contributed by atoms with Crippen LogP contribution < -0.4 is 16.2 Å². The first-order chi connectivity index (χ1) is 13.0. The van der Waals surface area contributed by atoms with Gasteiger partial charge >= 0.3 is 0 Å². The summed E-state index contributed by atoms with van der Waals surface area (Å²) in [5.41, 5.74) is 1.15. The van der Waals surface area contributed by atoms with E-state index in [4.69, 9.17) is 0 Å². The number of carbonyl (C=O) groups is 1. The standard InChI is InChI=1S/C20H28N4O2S/c1-11-3-4-13-15(9-11)27-20-18(13)19(26)23-16(24-20)5-6-17(25)22-14-7-8-21-10-12(14)2/h11-12,14,21H,3-10H2,1-2H3,(H,22,25)(H,23,24,26). The van der Waals surface area contributed by atoms with Gasteiger partial charge in [-0.3, -0.25) is 9.59 Å². The van der Waals surface area contributed by atoms with Crippen molar-refractivity contribution in [1.82, 2.24) is 20.6 Å². The monoisotopic (exact) mass is 388 g/mol. The molecule has 4 rings (SSSR count). The highest BCUT2D eigenvalue weighted by atomic mass is 32.1. The third kappa shape index (κ3) is 3.94. The van der Waals surface area contributed by atoms with Crippen LogP contribution in [0.3, 0.4) is 0 Å². The molecule has 3 atom stereocenters. The van der Waals surface area contributed by atoms with Crippen LogP contribution in [0.15, 0.2) is 4.79 Å². The van der Waals surface area contributed by atoms with Crippen LogP contribution in [-0.4, -0.2) is 35.0 Å². The van der Waals surface area contributed by atoms with E-state index in [2.05, 4.69) is 34.4 Å². The summed E-state index contributed by atoms with van der Waals surface area (Å²) in [7, 11) is 0. The van der Waals surface area contributed by atoms with E-state index in [-0.39, 0.29) is 17.5 Å². The van der Waals surface area contributed by atoms with Crippen LogP contribution in [0, 0.1) is 11.8 Å². The molecule has 2 aromatic rings. The summed E-state index contributed by atoms with van der Waals surface area (Å²) < 4.78 is 0. The minimum Gasteiger partial charge on any atom is -0.353 e. The van der Waals surface area contributed by atoms with Crippen molar-refractivity contribution in [1.29, 1.82) is 0 Å². The zero-order valence-corrected chi connectivity index (χ0v) is 16.9. The number of hydrogen-bond acceptors (Lipinski definition) is 5. The van der Waals surface area contributed by atoms with E-state index in [0.717, 1.165) is 49.0 Å². The molecule has 0 spiro atoms. The van der Waals surface area contributed by atoms with Gasteiger partial charge in [-0.2, -0.15) is 0 Å². The highest BCUT2D eigenvalue weighted by molar-refractivity contribution is 7.18. The van der Waals surface area contributed by atoms with E-state index in [0.29, 0.717) is 30.5 Å². The highest BCUT2D eigenvalue weighted by Gasteiger charge is 2.24. The molecule has 6 nitrogen and oxygen atoms in total. The zero-order chi connectivity index (χ0) is 19.0. The molecule has 0 radical (unpaired) electrons. The number of thiophene rings is 1. The first kappa shape index (κ1) is 18.6. The van der Waals surface area contributed by atoms with Gasteiger partial charge in [-0.05, 0) is 56.2 Å². The van der Waals surface area contributed by atoms with Gasteiger partial charge in [-0.1, -0.05) is 13.8 Å². The van der Waals surface area contributed by atoms with Gasteiger partial charge in [0.05, 0.1) is 5.39 Å². The van der Waals surface area contributed by atoms with E-state index in [1.807, 2.05) is 0 Å². The number of aromatic nitrogens is 2. The van der Waals surface area contributed by atoms with Gasteiger partial charge in [0.25, 0.3) is 5.56 Å². The molecule has 27 heavy (non-hydrogen) atoms. The predicted molar refractivity (Wildman–Crippen MR) is 108 cm³/mol. The van der Waals surface area contributed by atoms with Gasteiger partial charge in [-0.15, -0.1) is 11.3 Å². The topological polar surface area (TPSA) is 86.9 Å². The maximum Gasteiger partial charge on any atom is 0.259 e. The van der Waals surface area contributed by atoms with Crippen LogP contribution >= 0.6 is 11.3 Å². The average Bonchev–Trinajstić information content (AvgIpc) is 2.99. The summed E-state index contributed by atoms with van der Waals surface area (Å²) in [5, 5.41) is 7.26. The van der Waals surface area contributed by atoms with Crippen molar-refractivity contribution in [2.24, 2.45) is 11.8 Å². The Morgan fingerprint density at radius 3 is 3.00 bits per heavy atom. The lowest BCUT2D eigenvalue weighted by Crippen LogP contribution is -2.48. The number of H-pyrrole nitrogens is 1. The Kier molecular flexibility index (Phi) is 5.32. The van der Waals surface area contributed by atoms with Crippen molar-refractivity contribution in [3.63, 3.8) is 0 Å². The summed E-state index contributed by atoms with van der Waals surface area (Å²) in [6, 6.07) is 0.235. The van der Waals surface area contributed by atoms with Crippen LogP contribution in [0.25, 0.3) is 10.2 Å². The van der Waals surface area contributed by atoms with Gasteiger partial charge in [0.2, 0.25) is 5.91 Å². The third-order valence-electron chi connectivity index (χ3n) is 5.94. The smallest absolute Gasteiger partial charge is 0.259 e. The molecule has 1 saturated heterocycles. The molecule has 146 valence electrons. The van der Waals surface area contributed by atoms with Crippen molar-refractivity contribution in [2.75, 3.05) is 13.1 Å². The van der Waals surface area contributed by atoms with Crippen LogP contribution in [-0.2, 0) is 24.1 Å². The molecule has 0 aromatic carbocycles. The van der Waals surface area contributed by atoms with Crippen LogP contribution in [0.2, 0.25) is 0 Å². The van der Waals surface area contributed by atoms with Crippen molar-refractivity contribution >= 4 is 27.5 Å². The molecular formula is C20H28N4O2S. The van der Waals surface area contributed by atoms with Crippen molar-refractivity contribution in [3.8, 4) is 0 Å². The summed E-state index contributed by atoms with van der Waals surface area (Å²) in [6.07, 6.45) is 4.93. The molecular weight excluding hydrogens is 360 g/mol. The number of amides is 1. The Morgan fingerprint density at radius 1 is 1.33 bits per heavy atom. The zero-order valence-electron chi connectivity index (χ0n) is 16.1. The maximum absolute atomic E-state index is 12.6. The van der Waals surface area contributed by atoms with Crippen LogP contribution in [0.1, 0.15) is 49.4 Å². The Balaban J connectivity index is 1.45. The number of aryl methyl sites for hydroxylation is 2. The number of hydrogen-bond donors (Lipinski definition) is 3. The molecule has 2 aromatic heterocycles. The Hall–Kier alpha value is -1.73. The molecule has 1 fully saturated rings. The predicted octanol–water partition coefficient (Wildman–Crippen LogP) is 2.16. The fourth-order valence-corrected chi connectivity index (χ4v) is 5.65. The summed E-state index contributed by atoms with van der Waals surface area (Å²) in [4.78, 5) is 34.7. The molecule has 2 aliphatic rings. The number of nitrogens with one attached hydrogen (secondary N) is 3. The van der Waals surface area contributed by atoms with Crippen LogP contribution in [0.4, 0.5) is 0 Å². The first-order valence-corrected chi connectivity index (χ1v) is 10.9. The second-order valence-electron chi connectivity index (χ2n) is 8.19. The summed E-state index contributed by atoms with van der Waals surface area (Å²) in [6.45, 7) is 6.31. The molecule has 1 aliphatic heterocycles. The number of nitrogens with zero attached hydrogens (tertiary/aromatic N) is 1. The van der Waals surface area contributed by atoms with E-state index in [1.165, 1.54) is 10.4 Å². The Bertz CT molecular complexity index is 903. The lowest BCUT2D eigenvalue weighted by molar-refractivity contribution is -0.122. The molecule has 3 heterocycles. The minimum absolute atomic E-state index is 0.0378. The van der Waals surface area contributed by atoms with E-state index >= 15 is 0 Å². The first-order valence-electron chi connectivity index (χ1n) is 10.0. The molecule has 0 saturated carbocycles. The van der Waals surface area contributed by atoms with Crippen molar-refractivity contribution in [2.45, 2.75) is 58.4 Å². The quantitative estimate of drug-likeness (QED) is 0.749. The summed E-state index contributed by atoms with van der Waals surface area (Å²) in [5.74, 6) is 1.77. The average molecular weight is 389 g/mol. The number of carbonyl (C=O) groups excluding carboxylic acids is 1. The fourth-order valence-electron chi connectivity index (χ4n) is 4.25. The Labute approximate surface area is 163 Å². The normalized spacial score (nSPS) is 25.3. The van der Waals surface area contributed by atoms with Crippen molar-refractivity contribution in [3.05, 3.63) is 26.6 Å². The van der Waals surface area contributed by atoms with E-state index in [1.54, 1.807) is 11.3 Å². The fraction of sp³-hybridized carbons (Fsp3) is 0.650. The van der Waals surface area contributed by atoms with Gasteiger partial charge in [-0.25, -0.2) is 4.98 Å². The van der Waals surface area contributed by atoms with Crippen LogP contribution in [0.5, 0.6) is 0 Å². The highest BCUT2D eigenvalue weighted by Crippen LogP contribution is 2.35. The van der Waals surface area contributed by atoms with Gasteiger partial charge in [0.1, 0.15) is 10.7 Å². The third-order valence-corrected chi connectivity index (χ3v) is 7.08. The second-order valence-corrected chi connectivity index (χ2v) is 9.27. The van der Waals surface area contributed by atoms with Gasteiger partial charge < -0.3 is 15.6 Å². The molecule has 3 unspecified atom stereocenters. The van der Waals surface area contributed by atoms with Gasteiger partial charge in [0.15, 0.2) is 0 Å². The Morgan fingerprint density at radius 2 is 2.19 bits per heavy atom. The van der Waals surface area contributed by atoms with Crippen molar-refractivity contribution < 1.29 is 4.79 Å². The van der Waals surface area contributed by atoms with Gasteiger partial charge in [0, 0.05) is 23.8 Å². The minimum atomic E-state index is -0.0468. The lowest BCUT2D eigenvalue weighted by Gasteiger charge is -2.30. The molecule has 7 heteroatoms. The number of aromatic amines is 1.